The quantitative estimate of drug-likeness (QED) is 0.459. The highest BCUT2D eigenvalue weighted by Gasteiger charge is 2.44. The highest BCUT2D eigenvalue weighted by molar-refractivity contribution is 6.68. The van der Waals surface area contributed by atoms with Crippen molar-refractivity contribution >= 4 is 40.8 Å². The number of hydrogen-bond acceptors (Lipinski definition) is 3. The molecule has 64 valence electrons. The molecule has 0 aromatic rings. The Morgan fingerprint density at radius 2 is 2.00 bits per heavy atom. The van der Waals surface area contributed by atoms with E-state index in [1.165, 1.54) is 6.92 Å². The number of esters is 1. The van der Waals surface area contributed by atoms with Crippen molar-refractivity contribution in [1.82, 2.24) is 0 Å². The average Bonchev–Trinajstić information content (AvgIpc) is 2.11. The maximum absolute atomic E-state index is 10.7. The lowest BCUT2D eigenvalue weighted by Gasteiger charge is -2.16. The van der Waals surface area contributed by atoms with Crippen LogP contribution in [0.25, 0.3) is 0 Å². The summed E-state index contributed by atoms with van der Waals surface area (Å²) in [5.74, 6) is -0.513. The molecule has 0 unspecified atom stereocenters. The number of alkyl halides is 3. The van der Waals surface area contributed by atoms with Crippen LogP contribution in [-0.2, 0) is 14.3 Å². The summed E-state index contributed by atoms with van der Waals surface area (Å²) in [7, 11) is 0. The van der Waals surface area contributed by atoms with Crippen molar-refractivity contribution in [3.05, 3.63) is 0 Å². The van der Waals surface area contributed by atoms with Crippen LogP contribution in [0.15, 0.2) is 0 Å². The molecule has 1 heterocycles. The number of hydrogen-bond donors (Lipinski definition) is 0. The van der Waals surface area contributed by atoms with Gasteiger partial charge in [-0.2, -0.15) is 0 Å². The number of rotatable bonds is 0. The van der Waals surface area contributed by atoms with E-state index in [4.69, 9.17) is 39.5 Å². The molecule has 0 spiro atoms. The Morgan fingerprint density at radius 3 is 2.18 bits per heavy atom. The summed E-state index contributed by atoms with van der Waals surface area (Å²) in [6, 6.07) is 0. The first-order valence-corrected chi connectivity index (χ1v) is 3.97. The molecule has 0 bridgehead atoms. The van der Waals surface area contributed by atoms with Crippen molar-refractivity contribution in [3.63, 3.8) is 0 Å². The van der Waals surface area contributed by atoms with E-state index in [0.717, 1.165) is 0 Å². The van der Waals surface area contributed by atoms with Crippen LogP contribution in [0.5, 0.6) is 0 Å². The van der Waals surface area contributed by atoms with Crippen LogP contribution in [0.3, 0.4) is 0 Å². The van der Waals surface area contributed by atoms with Crippen LogP contribution in [0.1, 0.15) is 6.92 Å². The minimum atomic E-state index is -1.71. The summed E-state index contributed by atoms with van der Waals surface area (Å²) in [6.45, 7) is 1.53. The van der Waals surface area contributed by atoms with Crippen molar-refractivity contribution in [2.45, 2.75) is 23.1 Å². The molecule has 11 heavy (non-hydrogen) atoms. The highest BCUT2D eigenvalue weighted by Crippen LogP contribution is 2.36. The van der Waals surface area contributed by atoms with Crippen LogP contribution in [-0.4, -0.2) is 22.2 Å². The molecule has 0 N–H and O–H groups in total. The summed E-state index contributed by atoms with van der Waals surface area (Å²) in [5, 5.41) is 0. The summed E-state index contributed by atoms with van der Waals surface area (Å²) in [4.78, 5) is 10.7. The molecule has 0 saturated carbocycles. The molecule has 0 radical (unpaired) electrons. The van der Waals surface area contributed by atoms with Crippen molar-refractivity contribution in [2.75, 3.05) is 0 Å². The first-order chi connectivity index (χ1) is 4.91. The predicted octanol–water partition coefficient (Wildman–Crippen LogP) is 1.64. The molecular weight excluding hydrogens is 214 g/mol. The van der Waals surface area contributed by atoms with Crippen LogP contribution in [0.2, 0.25) is 0 Å². The van der Waals surface area contributed by atoms with E-state index in [-0.39, 0.29) is 0 Å². The Hall–Kier alpha value is 0.300. The van der Waals surface area contributed by atoms with Gasteiger partial charge in [0.1, 0.15) is 0 Å². The van der Waals surface area contributed by atoms with Gasteiger partial charge in [0.25, 0.3) is 10.1 Å². The largest absolute Gasteiger partial charge is 0.429 e. The van der Waals surface area contributed by atoms with Gasteiger partial charge in [-0.3, -0.25) is 0 Å². The van der Waals surface area contributed by atoms with E-state index in [1.807, 2.05) is 0 Å². The minimum Gasteiger partial charge on any atom is -0.429 e. The number of cyclic esters (lactones) is 1. The van der Waals surface area contributed by atoms with E-state index in [9.17, 15) is 4.79 Å². The first kappa shape index (κ1) is 9.39. The molecule has 1 saturated heterocycles. The molecule has 1 aliphatic rings. The third-order valence-electron chi connectivity index (χ3n) is 1.15. The van der Waals surface area contributed by atoms with Crippen LogP contribution in [0.4, 0.5) is 0 Å². The van der Waals surface area contributed by atoms with Crippen molar-refractivity contribution in [2.24, 2.45) is 0 Å². The van der Waals surface area contributed by atoms with Gasteiger partial charge in [-0.15, -0.1) is 0 Å². The van der Waals surface area contributed by atoms with Crippen LogP contribution in [0, 0.1) is 0 Å². The zero-order valence-electron chi connectivity index (χ0n) is 5.51. The van der Waals surface area contributed by atoms with Gasteiger partial charge in [0.05, 0.1) is 0 Å². The fourth-order valence-corrected chi connectivity index (χ4v) is 0.902. The van der Waals surface area contributed by atoms with Crippen molar-refractivity contribution in [3.8, 4) is 0 Å². The van der Waals surface area contributed by atoms with Gasteiger partial charge in [-0.25, -0.2) is 4.79 Å². The van der Waals surface area contributed by atoms with E-state index in [2.05, 4.69) is 4.74 Å². The molecule has 3 nitrogen and oxygen atoms in total. The van der Waals surface area contributed by atoms with Gasteiger partial charge in [0.2, 0.25) is 0 Å². The summed E-state index contributed by atoms with van der Waals surface area (Å²) >= 11 is 16.2. The van der Waals surface area contributed by atoms with Gasteiger partial charge < -0.3 is 9.47 Å². The zero-order chi connectivity index (χ0) is 8.65. The van der Waals surface area contributed by atoms with Crippen LogP contribution < -0.4 is 0 Å². The second kappa shape index (κ2) is 2.98. The number of ether oxygens (including phenoxy) is 2. The molecule has 0 amide bonds. The van der Waals surface area contributed by atoms with Gasteiger partial charge in [-0.05, 0) is 6.92 Å². The normalized spacial score (nSPS) is 32.2. The molecule has 0 aromatic heterocycles. The van der Waals surface area contributed by atoms with Gasteiger partial charge in [0, 0.05) is 0 Å². The average molecular weight is 219 g/mol. The third-order valence-corrected chi connectivity index (χ3v) is 1.68. The fraction of sp³-hybridized carbons (Fsp3) is 0.800. The smallest absolute Gasteiger partial charge is 0.337 e. The summed E-state index contributed by atoms with van der Waals surface area (Å²) < 4.78 is 7.74. The zero-order valence-corrected chi connectivity index (χ0v) is 7.78. The van der Waals surface area contributed by atoms with E-state index in [1.54, 1.807) is 0 Å². The Balaban J connectivity index is 2.61. The number of carbonyl (C=O) groups is 1. The van der Waals surface area contributed by atoms with E-state index in [0.29, 0.717) is 0 Å². The van der Waals surface area contributed by atoms with E-state index >= 15 is 0 Å². The third kappa shape index (κ3) is 2.12. The molecule has 1 rings (SSSR count). The lowest BCUT2D eigenvalue weighted by molar-refractivity contribution is -0.143. The predicted molar refractivity (Wildman–Crippen MR) is 40.7 cm³/mol. The maximum atomic E-state index is 10.7. The van der Waals surface area contributed by atoms with Gasteiger partial charge in [0.15, 0.2) is 6.10 Å². The number of halogens is 3. The molecule has 2 atom stereocenters. The monoisotopic (exact) mass is 218 g/mol. The Bertz CT molecular complexity index is 176. The summed E-state index contributed by atoms with van der Waals surface area (Å²) in [5.41, 5.74) is 0. The maximum Gasteiger partial charge on any atom is 0.337 e. The lowest BCUT2D eigenvalue weighted by Crippen LogP contribution is -2.26. The summed E-state index contributed by atoms with van der Waals surface area (Å²) in [6.07, 6.45) is -1.74. The first-order valence-electron chi connectivity index (χ1n) is 2.84. The van der Waals surface area contributed by atoms with Gasteiger partial charge in [-0.1, -0.05) is 34.8 Å². The molecule has 6 heteroatoms. The standard InChI is InChI=1S/C5H5Cl3O3/c1-2-3(9)11-4(10-2)5(6,7)8/h2,4H,1H3/t2-,4+/m1/s1. The van der Waals surface area contributed by atoms with Crippen molar-refractivity contribution in [1.29, 1.82) is 0 Å². The minimum absolute atomic E-state index is 0.513. The van der Waals surface area contributed by atoms with Crippen molar-refractivity contribution < 1.29 is 14.3 Å². The molecule has 0 aromatic carbocycles. The second-order valence-electron chi connectivity index (χ2n) is 2.09. The Labute approximate surface area is 78.5 Å². The topological polar surface area (TPSA) is 35.5 Å². The van der Waals surface area contributed by atoms with Gasteiger partial charge >= 0.3 is 5.97 Å². The molecule has 1 fully saturated rings. The highest BCUT2D eigenvalue weighted by atomic mass is 35.6. The molecule has 0 aliphatic carbocycles. The Kier molecular flexibility index (Phi) is 2.54. The lowest BCUT2D eigenvalue weighted by atomic mass is 10.4. The fourth-order valence-electron chi connectivity index (χ4n) is 0.614. The second-order valence-corrected chi connectivity index (χ2v) is 4.46. The Morgan fingerprint density at radius 1 is 1.45 bits per heavy atom. The molecular formula is C5H5Cl3O3. The van der Waals surface area contributed by atoms with Crippen LogP contribution >= 0.6 is 34.8 Å². The molecule has 1 aliphatic heterocycles. The SMILES string of the molecule is C[C@H]1O[C@H](C(Cl)(Cl)Cl)OC1=O. The number of carbonyl (C=O) groups excluding carboxylic acids is 1. The van der Waals surface area contributed by atoms with E-state index < -0.39 is 22.2 Å².